The molecule has 2 rings (SSSR count). The zero-order chi connectivity index (χ0) is 18.8. The van der Waals surface area contributed by atoms with Gasteiger partial charge in [0.15, 0.2) is 0 Å². The van der Waals surface area contributed by atoms with Crippen molar-refractivity contribution >= 4 is 22.0 Å². The Labute approximate surface area is 148 Å². The number of nitrogens with two attached hydrogens (primary N) is 1. The normalized spacial score (nSPS) is 25.4. The van der Waals surface area contributed by atoms with Crippen LogP contribution in [0.4, 0.5) is 4.79 Å². The second-order valence-corrected chi connectivity index (χ2v) is 9.28. The molecule has 2 atom stereocenters. The van der Waals surface area contributed by atoms with Crippen LogP contribution in [0.2, 0.25) is 0 Å². The highest BCUT2D eigenvalue weighted by Gasteiger charge is 2.35. The van der Waals surface area contributed by atoms with Gasteiger partial charge in [-0.25, -0.2) is 18.4 Å². The van der Waals surface area contributed by atoms with Gasteiger partial charge in [0.25, 0.3) is 0 Å². The van der Waals surface area contributed by atoms with Gasteiger partial charge in [-0.05, 0) is 20.8 Å². The highest BCUT2D eigenvalue weighted by molar-refractivity contribution is 7.89. The number of ether oxygens (including phenoxy) is 2. The number of primary sulfonamides is 1. The highest BCUT2D eigenvalue weighted by Crippen LogP contribution is 2.21. The van der Waals surface area contributed by atoms with Gasteiger partial charge in [0.05, 0.1) is 25.0 Å². The summed E-state index contributed by atoms with van der Waals surface area (Å²) < 4.78 is 33.4. The predicted molar refractivity (Wildman–Crippen MR) is 90.2 cm³/mol. The Morgan fingerprint density at radius 3 is 2.64 bits per heavy atom. The van der Waals surface area contributed by atoms with E-state index in [4.69, 9.17) is 14.6 Å². The fourth-order valence-electron chi connectivity index (χ4n) is 3.04. The van der Waals surface area contributed by atoms with Crippen LogP contribution in [-0.2, 0) is 24.3 Å². The van der Waals surface area contributed by atoms with E-state index in [1.54, 1.807) is 30.6 Å². The van der Waals surface area contributed by atoms with Gasteiger partial charge in [-0.2, -0.15) is 0 Å². The molecule has 0 spiro atoms. The van der Waals surface area contributed by atoms with Crippen LogP contribution in [0, 0.1) is 5.92 Å². The molecular weight excluding hydrogens is 350 g/mol. The van der Waals surface area contributed by atoms with E-state index in [1.165, 1.54) is 0 Å². The number of carbonyl (C=O) groups is 2. The maximum atomic E-state index is 12.2. The Morgan fingerprint density at radius 2 is 2.04 bits per heavy atom. The van der Waals surface area contributed by atoms with E-state index in [0.29, 0.717) is 32.8 Å². The standard InChI is InChI=1S/C15H27N3O6S/c1-15(2,3)24-14(20)17-4-5-23-12(8-17)9-18-7-11(6-13(18)19)10-25(16,21)22/h11-12H,4-10H2,1-3H3,(H2,16,21,22)/t11?,12-/m0/s1. The molecule has 144 valence electrons. The number of sulfonamides is 1. The molecule has 2 amide bonds. The molecule has 2 aliphatic heterocycles. The summed E-state index contributed by atoms with van der Waals surface area (Å²) in [4.78, 5) is 27.4. The van der Waals surface area contributed by atoms with Crippen molar-refractivity contribution < 1.29 is 27.5 Å². The minimum Gasteiger partial charge on any atom is -0.444 e. The zero-order valence-corrected chi connectivity index (χ0v) is 15.8. The highest BCUT2D eigenvalue weighted by atomic mass is 32.2. The number of amides is 2. The Bertz CT molecular complexity index is 615. The molecule has 1 unspecified atom stereocenters. The van der Waals surface area contributed by atoms with Crippen molar-refractivity contribution in [3.63, 3.8) is 0 Å². The van der Waals surface area contributed by atoms with Crippen LogP contribution in [0.3, 0.4) is 0 Å². The van der Waals surface area contributed by atoms with E-state index in [1.807, 2.05) is 0 Å². The molecule has 0 radical (unpaired) electrons. The first-order valence-electron chi connectivity index (χ1n) is 8.31. The number of nitrogens with zero attached hydrogens (tertiary/aromatic N) is 2. The third-order valence-electron chi connectivity index (χ3n) is 3.98. The van der Waals surface area contributed by atoms with Crippen LogP contribution in [0.15, 0.2) is 0 Å². The van der Waals surface area contributed by atoms with Crippen LogP contribution in [0.25, 0.3) is 0 Å². The molecule has 0 bridgehead atoms. The molecule has 0 aromatic rings. The number of rotatable bonds is 4. The minimum atomic E-state index is -3.60. The minimum absolute atomic E-state index is 0.119. The summed E-state index contributed by atoms with van der Waals surface area (Å²) in [6.45, 7) is 7.20. The Balaban J connectivity index is 1.88. The molecule has 0 aromatic carbocycles. The van der Waals surface area contributed by atoms with Crippen LogP contribution in [-0.4, -0.2) is 80.5 Å². The first kappa shape index (κ1) is 19.9. The first-order valence-corrected chi connectivity index (χ1v) is 10.0. The molecule has 0 saturated carbocycles. The molecule has 9 nitrogen and oxygen atoms in total. The van der Waals surface area contributed by atoms with E-state index < -0.39 is 21.7 Å². The van der Waals surface area contributed by atoms with Crippen LogP contribution >= 0.6 is 0 Å². The molecule has 2 saturated heterocycles. The Hall–Kier alpha value is -1.39. The molecule has 10 heteroatoms. The zero-order valence-electron chi connectivity index (χ0n) is 14.9. The molecule has 2 heterocycles. The van der Waals surface area contributed by atoms with Crippen LogP contribution < -0.4 is 5.14 Å². The Kier molecular flexibility index (Phi) is 5.95. The van der Waals surface area contributed by atoms with Crippen molar-refractivity contribution in [3.05, 3.63) is 0 Å². The van der Waals surface area contributed by atoms with Gasteiger partial charge in [-0.15, -0.1) is 0 Å². The molecule has 2 N–H and O–H groups in total. The van der Waals surface area contributed by atoms with Gasteiger partial charge >= 0.3 is 6.09 Å². The van der Waals surface area contributed by atoms with Gasteiger partial charge < -0.3 is 19.3 Å². The summed E-state index contributed by atoms with van der Waals surface area (Å²) in [6, 6.07) is 0. The second-order valence-electron chi connectivity index (χ2n) is 7.62. The fourth-order valence-corrected chi connectivity index (χ4v) is 3.92. The van der Waals surface area contributed by atoms with Crippen molar-refractivity contribution in [1.29, 1.82) is 0 Å². The van der Waals surface area contributed by atoms with Crippen molar-refractivity contribution in [2.24, 2.45) is 11.1 Å². The number of carbonyl (C=O) groups excluding carboxylic acids is 2. The average Bonchev–Trinajstić information content (AvgIpc) is 2.74. The quantitative estimate of drug-likeness (QED) is 0.722. The van der Waals surface area contributed by atoms with Crippen molar-refractivity contribution in [3.8, 4) is 0 Å². The predicted octanol–water partition coefficient (Wildman–Crippen LogP) is -0.241. The maximum absolute atomic E-state index is 12.2. The number of hydrogen-bond acceptors (Lipinski definition) is 6. The molecular formula is C15H27N3O6S. The molecule has 25 heavy (non-hydrogen) atoms. The van der Waals surface area contributed by atoms with Gasteiger partial charge in [0.1, 0.15) is 5.60 Å². The average molecular weight is 377 g/mol. The number of hydrogen-bond donors (Lipinski definition) is 1. The van der Waals surface area contributed by atoms with Crippen LogP contribution in [0.1, 0.15) is 27.2 Å². The summed E-state index contributed by atoms with van der Waals surface area (Å²) in [6.07, 6.45) is -0.557. The van der Waals surface area contributed by atoms with E-state index in [0.717, 1.165) is 0 Å². The lowest BCUT2D eigenvalue weighted by Crippen LogP contribution is -2.51. The van der Waals surface area contributed by atoms with Crippen LogP contribution in [0.5, 0.6) is 0 Å². The van der Waals surface area contributed by atoms with E-state index in [9.17, 15) is 18.0 Å². The molecule has 0 aliphatic carbocycles. The van der Waals surface area contributed by atoms with Gasteiger partial charge in [-0.1, -0.05) is 0 Å². The lowest BCUT2D eigenvalue weighted by Gasteiger charge is -2.35. The molecule has 2 fully saturated rings. The van der Waals surface area contributed by atoms with E-state index >= 15 is 0 Å². The number of morpholine rings is 1. The summed E-state index contributed by atoms with van der Waals surface area (Å²) >= 11 is 0. The monoisotopic (exact) mass is 377 g/mol. The van der Waals surface area contributed by atoms with Gasteiger partial charge in [0.2, 0.25) is 15.9 Å². The summed E-state index contributed by atoms with van der Waals surface area (Å²) in [7, 11) is -3.60. The van der Waals surface area contributed by atoms with E-state index in [2.05, 4.69) is 0 Å². The molecule has 0 aromatic heterocycles. The third-order valence-corrected chi connectivity index (χ3v) is 4.91. The lowest BCUT2D eigenvalue weighted by atomic mass is 10.1. The topological polar surface area (TPSA) is 119 Å². The SMILES string of the molecule is CC(C)(C)OC(=O)N1CCO[C@H](CN2CC(CS(N)(=O)=O)CC2=O)C1. The first-order chi connectivity index (χ1) is 11.4. The van der Waals surface area contributed by atoms with Gasteiger partial charge in [-0.3, -0.25) is 4.79 Å². The van der Waals surface area contributed by atoms with Crippen molar-refractivity contribution in [2.75, 3.05) is 38.5 Å². The fraction of sp³-hybridized carbons (Fsp3) is 0.867. The molecule has 2 aliphatic rings. The maximum Gasteiger partial charge on any atom is 0.410 e. The van der Waals surface area contributed by atoms with Crippen molar-refractivity contribution in [2.45, 2.75) is 38.9 Å². The summed E-state index contributed by atoms with van der Waals surface area (Å²) in [5.41, 5.74) is -0.573. The largest absolute Gasteiger partial charge is 0.444 e. The summed E-state index contributed by atoms with van der Waals surface area (Å²) in [5, 5.41) is 5.05. The lowest BCUT2D eigenvalue weighted by molar-refractivity contribution is -0.130. The number of likely N-dealkylation sites (tertiary alicyclic amines) is 1. The second kappa shape index (κ2) is 7.46. The van der Waals surface area contributed by atoms with Crippen molar-refractivity contribution in [1.82, 2.24) is 9.80 Å². The smallest absolute Gasteiger partial charge is 0.410 e. The Morgan fingerprint density at radius 1 is 1.36 bits per heavy atom. The summed E-state index contributed by atoms with van der Waals surface area (Å²) in [5.74, 6) is -0.621. The van der Waals surface area contributed by atoms with E-state index in [-0.39, 0.29) is 30.1 Å². The van der Waals surface area contributed by atoms with Gasteiger partial charge in [0, 0.05) is 32.0 Å². The third kappa shape index (κ3) is 6.44.